The van der Waals surface area contributed by atoms with E-state index in [1.165, 1.54) is 6.92 Å². The zero-order valence-corrected chi connectivity index (χ0v) is 16.2. The molecule has 1 N–H and O–H groups in total. The van der Waals surface area contributed by atoms with Crippen LogP contribution < -0.4 is 14.8 Å². The number of likely N-dealkylation sites (tertiary alicyclic amines) is 1. The second-order valence-electron chi connectivity index (χ2n) is 6.59. The van der Waals surface area contributed by atoms with E-state index < -0.39 is 0 Å². The lowest BCUT2D eigenvalue weighted by molar-refractivity contribution is -0.133. The van der Waals surface area contributed by atoms with Gasteiger partial charge in [0.1, 0.15) is 0 Å². The number of aromatic nitrogens is 2. The molecule has 1 aromatic heterocycles. The number of carbonyl (C=O) groups excluding carboxylic acids is 2. The molecule has 0 saturated carbocycles. The van der Waals surface area contributed by atoms with Crippen molar-refractivity contribution >= 4 is 11.8 Å². The van der Waals surface area contributed by atoms with E-state index in [0.717, 1.165) is 18.4 Å². The molecule has 0 aliphatic carbocycles. The molecule has 1 aliphatic rings. The van der Waals surface area contributed by atoms with Gasteiger partial charge in [-0.05, 0) is 31.0 Å². The predicted molar refractivity (Wildman–Crippen MR) is 100 cm³/mol. The van der Waals surface area contributed by atoms with Crippen molar-refractivity contribution in [2.24, 2.45) is 0 Å². The van der Waals surface area contributed by atoms with Gasteiger partial charge in [0, 0.05) is 31.5 Å². The van der Waals surface area contributed by atoms with Crippen LogP contribution in [0.25, 0.3) is 11.4 Å². The minimum absolute atomic E-state index is 0.0318. The molecule has 2 heterocycles. The number of benzene rings is 1. The third kappa shape index (κ3) is 4.41. The minimum atomic E-state index is -0.211. The summed E-state index contributed by atoms with van der Waals surface area (Å²) in [6.07, 6.45) is 1.47. The van der Waals surface area contributed by atoms with Crippen molar-refractivity contribution in [3.63, 3.8) is 0 Å². The van der Waals surface area contributed by atoms with Crippen LogP contribution >= 0.6 is 0 Å². The first-order valence-electron chi connectivity index (χ1n) is 9.10. The molecule has 0 radical (unpaired) electrons. The number of rotatable bonds is 6. The maximum absolute atomic E-state index is 12.1. The van der Waals surface area contributed by atoms with Crippen molar-refractivity contribution in [2.45, 2.75) is 25.7 Å². The number of amides is 2. The van der Waals surface area contributed by atoms with Crippen LogP contribution in [-0.4, -0.2) is 60.7 Å². The van der Waals surface area contributed by atoms with E-state index in [1.807, 2.05) is 6.07 Å². The fraction of sp³-hybridized carbons (Fsp3) is 0.474. The van der Waals surface area contributed by atoms with E-state index in [2.05, 4.69) is 15.5 Å². The lowest BCUT2D eigenvalue weighted by Crippen LogP contribution is -2.43. The highest BCUT2D eigenvalue weighted by molar-refractivity contribution is 5.83. The summed E-state index contributed by atoms with van der Waals surface area (Å²) in [7, 11) is 3.15. The van der Waals surface area contributed by atoms with Gasteiger partial charge in [-0.3, -0.25) is 9.59 Å². The Bertz CT molecular complexity index is 843. The van der Waals surface area contributed by atoms with Gasteiger partial charge in [0.15, 0.2) is 11.5 Å². The molecule has 1 saturated heterocycles. The molecular weight excluding hydrogens is 364 g/mol. The number of hydrogen-bond donors (Lipinski definition) is 1. The highest BCUT2D eigenvalue weighted by Crippen LogP contribution is 2.33. The van der Waals surface area contributed by atoms with Gasteiger partial charge in [-0.1, -0.05) is 5.16 Å². The van der Waals surface area contributed by atoms with Gasteiger partial charge >= 0.3 is 0 Å². The van der Waals surface area contributed by atoms with Gasteiger partial charge in [0.2, 0.25) is 23.5 Å². The van der Waals surface area contributed by atoms with E-state index in [4.69, 9.17) is 14.0 Å². The summed E-state index contributed by atoms with van der Waals surface area (Å²) >= 11 is 0. The van der Waals surface area contributed by atoms with Crippen molar-refractivity contribution in [3.05, 3.63) is 24.1 Å². The van der Waals surface area contributed by atoms with Gasteiger partial charge in [0.25, 0.3) is 0 Å². The van der Waals surface area contributed by atoms with Crippen LogP contribution in [0.15, 0.2) is 22.7 Å². The molecule has 9 heteroatoms. The SMILES string of the molecule is COc1ccc(-c2noc(C3CCN(C(=O)CNC(C)=O)CC3)n2)cc1OC. The summed E-state index contributed by atoms with van der Waals surface area (Å²) in [6, 6.07) is 5.44. The number of hydrogen-bond acceptors (Lipinski definition) is 7. The van der Waals surface area contributed by atoms with Gasteiger partial charge < -0.3 is 24.2 Å². The van der Waals surface area contributed by atoms with Crippen LogP contribution in [-0.2, 0) is 9.59 Å². The standard InChI is InChI=1S/C19H24N4O5/c1-12(24)20-11-17(25)23-8-6-13(7-9-23)19-21-18(22-28-19)14-4-5-15(26-2)16(10-14)27-3/h4-5,10,13H,6-9,11H2,1-3H3,(H,20,24). The fourth-order valence-electron chi connectivity index (χ4n) is 3.18. The third-order valence-electron chi connectivity index (χ3n) is 4.77. The van der Waals surface area contributed by atoms with Crippen molar-refractivity contribution in [3.8, 4) is 22.9 Å². The average molecular weight is 388 g/mol. The molecule has 2 aromatic rings. The first-order chi connectivity index (χ1) is 13.5. The van der Waals surface area contributed by atoms with Gasteiger partial charge in [-0.2, -0.15) is 4.98 Å². The predicted octanol–water partition coefficient (Wildman–Crippen LogP) is 1.60. The Hall–Kier alpha value is -3.10. The molecule has 0 bridgehead atoms. The van der Waals surface area contributed by atoms with E-state index in [-0.39, 0.29) is 24.3 Å². The van der Waals surface area contributed by atoms with Crippen LogP contribution in [0.1, 0.15) is 31.6 Å². The molecule has 1 aliphatic heterocycles. The van der Waals surface area contributed by atoms with Crippen LogP contribution in [0, 0.1) is 0 Å². The molecule has 1 fully saturated rings. The number of nitrogens with zero attached hydrogens (tertiary/aromatic N) is 3. The number of carbonyl (C=O) groups is 2. The van der Waals surface area contributed by atoms with Crippen LogP contribution in [0.2, 0.25) is 0 Å². The van der Waals surface area contributed by atoms with E-state index in [0.29, 0.717) is 36.3 Å². The highest BCUT2D eigenvalue weighted by Gasteiger charge is 2.27. The largest absolute Gasteiger partial charge is 0.493 e. The minimum Gasteiger partial charge on any atom is -0.493 e. The molecule has 0 atom stereocenters. The van der Waals surface area contributed by atoms with Crippen molar-refractivity contribution in [1.82, 2.24) is 20.4 Å². The van der Waals surface area contributed by atoms with E-state index in [9.17, 15) is 9.59 Å². The lowest BCUT2D eigenvalue weighted by atomic mass is 9.96. The summed E-state index contributed by atoms with van der Waals surface area (Å²) < 4.78 is 16.0. The smallest absolute Gasteiger partial charge is 0.241 e. The van der Waals surface area contributed by atoms with Crippen molar-refractivity contribution in [2.75, 3.05) is 33.9 Å². The first kappa shape index (κ1) is 19.7. The van der Waals surface area contributed by atoms with E-state index >= 15 is 0 Å². The fourth-order valence-corrected chi connectivity index (χ4v) is 3.18. The summed E-state index contributed by atoms with van der Waals surface area (Å²) in [5.41, 5.74) is 0.774. The Labute approximate surface area is 163 Å². The number of piperidine rings is 1. The lowest BCUT2D eigenvalue weighted by Gasteiger charge is -2.30. The molecule has 150 valence electrons. The Morgan fingerprint density at radius 3 is 2.57 bits per heavy atom. The molecular formula is C19H24N4O5. The maximum atomic E-state index is 12.1. The third-order valence-corrected chi connectivity index (χ3v) is 4.77. The number of nitrogens with one attached hydrogen (secondary N) is 1. The quantitative estimate of drug-likeness (QED) is 0.801. The molecule has 1 aromatic carbocycles. The summed E-state index contributed by atoms with van der Waals surface area (Å²) in [5.74, 6) is 2.09. The Kier molecular flexibility index (Phi) is 6.13. The maximum Gasteiger partial charge on any atom is 0.241 e. The highest BCUT2D eigenvalue weighted by atomic mass is 16.5. The Morgan fingerprint density at radius 2 is 1.93 bits per heavy atom. The second kappa shape index (κ2) is 8.73. The van der Waals surface area contributed by atoms with Gasteiger partial charge in [0.05, 0.1) is 20.8 Å². The molecule has 0 spiro atoms. The van der Waals surface area contributed by atoms with Gasteiger partial charge in [-0.15, -0.1) is 0 Å². The first-order valence-corrected chi connectivity index (χ1v) is 9.10. The van der Waals surface area contributed by atoms with Gasteiger partial charge in [-0.25, -0.2) is 0 Å². The van der Waals surface area contributed by atoms with Crippen LogP contribution in [0.4, 0.5) is 0 Å². The normalized spacial score (nSPS) is 14.6. The molecule has 0 unspecified atom stereocenters. The van der Waals surface area contributed by atoms with Crippen molar-refractivity contribution < 1.29 is 23.6 Å². The van der Waals surface area contributed by atoms with E-state index in [1.54, 1.807) is 31.3 Å². The zero-order chi connectivity index (χ0) is 20.1. The summed E-state index contributed by atoms with van der Waals surface area (Å²) in [6.45, 7) is 2.61. The van der Waals surface area contributed by atoms with Crippen molar-refractivity contribution in [1.29, 1.82) is 0 Å². The zero-order valence-electron chi connectivity index (χ0n) is 16.2. The summed E-state index contributed by atoms with van der Waals surface area (Å²) in [4.78, 5) is 29.3. The number of methoxy groups -OCH3 is 2. The topological polar surface area (TPSA) is 107 Å². The molecule has 9 nitrogen and oxygen atoms in total. The number of ether oxygens (including phenoxy) is 2. The Balaban J connectivity index is 1.62. The van der Waals surface area contributed by atoms with Crippen LogP contribution in [0.5, 0.6) is 11.5 Å². The molecule has 2 amide bonds. The van der Waals surface area contributed by atoms with Crippen LogP contribution in [0.3, 0.4) is 0 Å². The molecule has 28 heavy (non-hydrogen) atoms. The monoisotopic (exact) mass is 388 g/mol. The second-order valence-corrected chi connectivity index (χ2v) is 6.59. The Morgan fingerprint density at radius 1 is 1.21 bits per heavy atom. The summed E-state index contributed by atoms with van der Waals surface area (Å²) in [5, 5.41) is 6.62. The average Bonchev–Trinajstić information content (AvgIpc) is 3.21. The molecule has 3 rings (SSSR count).